The maximum absolute atomic E-state index is 10.3. The topological polar surface area (TPSA) is 51.2 Å². The molecule has 0 spiro atoms. The highest BCUT2D eigenvalue weighted by molar-refractivity contribution is 9.10. The predicted molar refractivity (Wildman–Crippen MR) is 104 cm³/mol. The van der Waals surface area contributed by atoms with E-state index in [9.17, 15) is 5.11 Å². The van der Waals surface area contributed by atoms with Gasteiger partial charge in [0, 0.05) is 24.1 Å². The summed E-state index contributed by atoms with van der Waals surface area (Å²) in [6, 6.07) is 15.5. The monoisotopic (exact) mass is 421 g/mol. The smallest absolute Gasteiger partial charge is 0.119 e. The first-order valence-electron chi connectivity index (χ1n) is 8.68. The number of hydrogen-bond acceptors (Lipinski definition) is 5. The van der Waals surface area contributed by atoms with Crippen molar-refractivity contribution in [1.82, 2.24) is 4.90 Å². The van der Waals surface area contributed by atoms with Crippen molar-refractivity contribution in [2.24, 2.45) is 0 Å². The van der Waals surface area contributed by atoms with Crippen LogP contribution < -0.4 is 9.47 Å². The predicted octanol–water partition coefficient (Wildman–Crippen LogP) is 3.27. The summed E-state index contributed by atoms with van der Waals surface area (Å²) in [6.45, 7) is 3.04. The van der Waals surface area contributed by atoms with E-state index in [4.69, 9.17) is 14.2 Å². The van der Waals surface area contributed by atoms with Gasteiger partial charge in [-0.3, -0.25) is 4.90 Å². The molecule has 0 aromatic heterocycles. The zero-order valence-electron chi connectivity index (χ0n) is 14.8. The number of nitrogens with zero attached hydrogens (tertiary/aromatic N) is 1. The first kappa shape index (κ1) is 19.2. The Bertz CT molecular complexity index is 694. The molecule has 1 saturated heterocycles. The number of rotatable bonds is 7. The molecule has 140 valence electrons. The quantitative estimate of drug-likeness (QED) is 0.743. The summed E-state index contributed by atoms with van der Waals surface area (Å²) in [5.41, 5.74) is 1.15. The molecule has 1 aliphatic heterocycles. The summed E-state index contributed by atoms with van der Waals surface area (Å²) in [4.78, 5) is 2.22. The Labute approximate surface area is 162 Å². The molecule has 2 unspecified atom stereocenters. The van der Waals surface area contributed by atoms with Gasteiger partial charge < -0.3 is 19.3 Å². The number of morpholine rings is 1. The highest BCUT2D eigenvalue weighted by Crippen LogP contribution is 2.25. The number of methoxy groups -OCH3 is 1. The molecule has 2 aromatic rings. The summed E-state index contributed by atoms with van der Waals surface area (Å²) in [5.74, 6) is 1.50. The normalized spacial score (nSPS) is 19.1. The van der Waals surface area contributed by atoms with Crippen molar-refractivity contribution in [2.75, 3.05) is 40.0 Å². The van der Waals surface area contributed by atoms with Gasteiger partial charge >= 0.3 is 0 Å². The third kappa shape index (κ3) is 5.45. The molecule has 0 aliphatic carbocycles. The Kier molecular flexibility index (Phi) is 6.91. The lowest BCUT2D eigenvalue weighted by molar-refractivity contribution is -0.0459. The van der Waals surface area contributed by atoms with E-state index in [0.717, 1.165) is 34.6 Å². The summed E-state index contributed by atoms with van der Waals surface area (Å²) in [5, 5.41) is 10.3. The molecule has 3 rings (SSSR count). The number of β-amino-alcohol motifs (C(OH)–C–C–N with tert-alkyl or cyclic N) is 1. The van der Waals surface area contributed by atoms with Crippen molar-refractivity contribution in [3.63, 3.8) is 0 Å². The lowest BCUT2D eigenvalue weighted by Crippen LogP contribution is -2.43. The van der Waals surface area contributed by atoms with Crippen LogP contribution in [0.25, 0.3) is 0 Å². The van der Waals surface area contributed by atoms with Crippen LogP contribution in [-0.4, -0.2) is 56.1 Å². The molecule has 1 aliphatic rings. The summed E-state index contributed by atoms with van der Waals surface area (Å²) in [7, 11) is 1.63. The van der Waals surface area contributed by atoms with E-state index in [0.29, 0.717) is 13.2 Å². The van der Waals surface area contributed by atoms with E-state index in [2.05, 4.69) is 33.0 Å². The zero-order valence-corrected chi connectivity index (χ0v) is 16.4. The Hall–Kier alpha value is -1.60. The average Bonchev–Trinajstić information content (AvgIpc) is 2.67. The van der Waals surface area contributed by atoms with Gasteiger partial charge in [0.2, 0.25) is 0 Å². The molecule has 2 aromatic carbocycles. The van der Waals surface area contributed by atoms with Crippen LogP contribution in [0.5, 0.6) is 11.5 Å². The first-order chi connectivity index (χ1) is 12.6. The average molecular weight is 422 g/mol. The van der Waals surface area contributed by atoms with Crippen LogP contribution in [0.4, 0.5) is 0 Å². The van der Waals surface area contributed by atoms with E-state index in [-0.39, 0.29) is 12.7 Å². The van der Waals surface area contributed by atoms with Crippen molar-refractivity contribution in [2.45, 2.75) is 12.2 Å². The number of aliphatic hydroxyl groups is 1. The first-order valence-corrected chi connectivity index (χ1v) is 9.47. The van der Waals surface area contributed by atoms with Gasteiger partial charge in [0.1, 0.15) is 24.2 Å². The van der Waals surface area contributed by atoms with Gasteiger partial charge in [0.25, 0.3) is 0 Å². The summed E-state index contributed by atoms with van der Waals surface area (Å²) < 4.78 is 17.7. The second kappa shape index (κ2) is 9.37. The maximum atomic E-state index is 10.3. The van der Waals surface area contributed by atoms with Gasteiger partial charge in [-0.25, -0.2) is 0 Å². The molecular formula is C20H24BrNO4. The molecule has 1 heterocycles. The molecule has 0 radical (unpaired) electrons. The summed E-state index contributed by atoms with van der Waals surface area (Å²) in [6.07, 6.45) is -0.533. The number of ether oxygens (including phenoxy) is 3. The molecule has 6 heteroatoms. The van der Waals surface area contributed by atoms with E-state index < -0.39 is 6.10 Å². The fraction of sp³-hybridized carbons (Fsp3) is 0.400. The number of halogens is 1. The van der Waals surface area contributed by atoms with E-state index in [1.165, 1.54) is 0 Å². The van der Waals surface area contributed by atoms with Crippen LogP contribution in [0.2, 0.25) is 0 Å². The van der Waals surface area contributed by atoms with Crippen LogP contribution in [0.3, 0.4) is 0 Å². The van der Waals surface area contributed by atoms with E-state index >= 15 is 0 Å². The Balaban J connectivity index is 1.48. The minimum Gasteiger partial charge on any atom is -0.497 e. The molecule has 1 N–H and O–H groups in total. The Morgan fingerprint density at radius 3 is 2.73 bits per heavy atom. The molecular weight excluding hydrogens is 398 g/mol. The number of benzene rings is 2. The third-order valence-corrected chi connectivity index (χ3v) is 4.84. The van der Waals surface area contributed by atoms with E-state index in [1.807, 2.05) is 36.4 Å². The van der Waals surface area contributed by atoms with Crippen LogP contribution >= 0.6 is 15.9 Å². The van der Waals surface area contributed by atoms with Gasteiger partial charge in [-0.1, -0.05) is 28.1 Å². The van der Waals surface area contributed by atoms with Crippen molar-refractivity contribution in [3.8, 4) is 11.5 Å². The van der Waals surface area contributed by atoms with Crippen LogP contribution in [0.1, 0.15) is 11.7 Å². The van der Waals surface area contributed by atoms with Crippen LogP contribution in [0.15, 0.2) is 53.0 Å². The Morgan fingerprint density at radius 1 is 1.23 bits per heavy atom. The van der Waals surface area contributed by atoms with Crippen molar-refractivity contribution >= 4 is 15.9 Å². The zero-order chi connectivity index (χ0) is 18.4. The van der Waals surface area contributed by atoms with Crippen LogP contribution in [-0.2, 0) is 4.74 Å². The number of hydrogen-bond donors (Lipinski definition) is 1. The van der Waals surface area contributed by atoms with Gasteiger partial charge in [0.15, 0.2) is 0 Å². The molecule has 0 bridgehead atoms. The molecule has 0 saturated carbocycles. The van der Waals surface area contributed by atoms with Crippen molar-refractivity contribution in [1.29, 1.82) is 0 Å². The minimum atomic E-state index is -0.557. The standard InChI is InChI=1S/C20H24BrNO4/c1-24-18-5-7-19(8-6-18)26-14-17(23)12-22-9-10-25-20(13-22)15-3-2-4-16(21)11-15/h2-8,11,17,20,23H,9-10,12-14H2,1H3. The van der Waals surface area contributed by atoms with Gasteiger partial charge in [-0.05, 0) is 42.0 Å². The third-order valence-electron chi connectivity index (χ3n) is 4.34. The van der Waals surface area contributed by atoms with E-state index in [1.54, 1.807) is 7.11 Å². The van der Waals surface area contributed by atoms with Crippen molar-refractivity contribution in [3.05, 3.63) is 58.6 Å². The second-order valence-corrected chi connectivity index (χ2v) is 7.23. The van der Waals surface area contributed by atoms with Crippen LogP contribution in [0, 0.1) is 0 Å². The SMILES string of the molecule is COc1ccc(OCC(O)CN2CCOC(c3cccc(Br)c3)C2)cc1. The number of aliphatic hydroxyl groups excluding tert-OH is 1. The lowest BCUT2D eigenvalue weighted by atomic mass is 10.1. The largest absolute Gasteiger partial charge is 0.497 e. The van der Waals surface area contributed by atoms with Gasteiger partial charge in [0.05, 0.1) is 19.8 Å². The van der Waals surface area contributed by atoms with Gasteiger partial charge in [-0.15, -0.1) is 0 Å². The second-order valence-electron chi connectivity index (χ2n) is 6.31. The molecule has 5 nitrogen and oxygen atoms in total. The lowest BCUT2D eigenvalue weighted by Gasteiger charge is -2.34. The maximum Gasteiger partial charge on any atom is 0.119 e. The highest BCUT2D eigenvalue weighted by Gasteiger charge is 2.23. The minimum absolute atomic E-state index is 0.0240. The molecule has 2 atom stereocenters. The molecule has 0 amide bonds. The van der Waals surface area contributed by atoms with Gasteiger partial charge in [-0.2, -0.15) is 0 Å². The fourth-order valence-corrected chi connectivity index (χ4v) is 3.41. The highest BCUT2D eigenvalue weighted by atomic mass is 79.9. The molecule has 26 heavy (non-hydrogen) atoms. The Morgan fingerprint density at radius 2 is 2.00 bits per heavy atom. The van der Waals surface area contributed by atoms with Crippen molar-refractivity contribution < 1.29 is 19.3 Å². The summed E-state index contributed by atoms with van der Waals surface area (Å²) >= 11 is 3.50. The fourth-order valence-electron chi connectivity index (χ4n) is 2.99. The molecule has 1 fully saturated rings.